The predicted octanol–water partition coefficient (Wildman–Crippen LogP) is 2.83. The number of anilines is 1. The number of rotatable bonds is 3. The first-order valence-electron chi connectivity index (χ1n) is 6.80. The van der Waals surface area contributed by atoms with E-state index in [1.807, 2.05) is 0 Å². The first kappa shape index (κ1) is 11.6. The highest BCUT2D eigenvalue weighted by Crippen LogP contribution is 2.51. The van der Waals surface area contributed by atoms with Crippen LogP contribution in [0.5, 0.6) is 0 Å². The minimum absolute atomic E-state index is 0.482. The van der Waals surface area contributed by atoms with Gasteiger partial charge in [0, 0.05) is 5.69 Å². The van der Waals surface area contributed by atoms with Gasteiger partial charge >= 0.3 is 0 Å². The highest BCUT2D eigenvalue weighted by atomic mass is 15.1. The molecule has 96 valence electrons. The zero-order valence-corrected chi connectivity index (χ0v) is 11.1. The molecule has 0 heterocycles. The number of aryl methyl sites for hydroxylation is 2. The molecule has 18 heavy (non-hydrogen) atoms. The smallest absolute Gasteiger partial charge is 0.193 e. The molecule has 2 saturated carbocycles. The molecule has 1 aromatic rings. The number of nitrogens with zero attached hydrogens (tertiary/aromatic N) is 1. The fourth-order valence-electron chi connectivity index (χ4n) is 2.79. The van der Waals surface area contributed by atoms with Crippen LogP contribution in [0.4, 0.5) is 5.69 Å². The van der Waals surface area contributed by atoms with Gasteiger partial charge < -0.3 is 11.1 Å². The van der Waals surface area contributed by atoms with Crippen molar-refractivity contribution in [3.05, 3.63) is 29.3 Å². The van der Waals surface area contributed by atoms with E-state index in [2.05, 4.69) is 42.4 Å². The Kier molecular flexibility index (Phi) is 2.77. The quantitative estimate of drug-likeness (QED) is 0.633. The molecule has 0 saturated heterocycles. The van der Waals surface area contributed by atoms with Crippen LogP contribution in [0, 0.1) is 25.7 Å². The summed E-state index contributed by atoms with van der Waals surface area (Å²) >= 11 is 0. The molecule has 1 aromatic carbocycles. The topological polar surface area (TPSA) is 50.4 Å². The average molecular weight is 243 g/mol. The summed E-state index contributed by atoms with van der Waals surface area (Å²) in [5.74, 6) is 2.34. The highest BCUT2D eigenvalue weighted by Gasteiger charge is 2.47. The van der Waals surface area contributed by atoms with Crippen molar-refractivity contribution < 1.29 is 0 Å². The molecule has 0 aliphatic heterocycles. The number of benzene rings is 1. The second-order valence-electron chi connectivity index (χ2n) is 5.82. The minimum Gasteiger partial charge on any atom is -0.370 e. The van der Waals surface area contributed by atoms with Gasteiger partial charge in [0.15, 0.2) is 5.96 Å². The van der Waals surface area contributed by atoms with E-state index in [4.69, 9.17) is 5.73 Å². The lowest BCUT2D eigenvalue weighted by atomic mass is 10.1. The van der Waals surface area contributed by atoms with Crippen LogP contribution in [0.1, 0.15) is 30.4 Å². The van der Waals surface area contributed by atoms with Gasteiger partial charge in [-0.25, -0.2) is 4.99 Å². The number of aliphatic imine (C=N–C) groups is 1. The molecule has 2 atom stereocenters. The Morgan fingerprint density at radius 1 is 1.22 bits per heavy atom. The Morgan fingerprint density at radius 3 is 2.50 bits per heavy atom. The van der Waals surface area contributed by atoms with Crippen molar-refractivity contribution in [1.82, 2.24) is 0 Å². The number of nitrogens with two attached hydrogens (primary N) is 1. The van der Waals surface area contributed by atoms with Crippen LogP contribution in [0.15, 0.2) is 23.2 Å². The molecule has 0 bridgehead atoms. The van der Waals surface area contributed by atoms with E-state index in [0.717, 1.165) is 17.5 Å². The van der Waals surface area contributed by atoms with Gasteiger partial charge in [-0.15, -0.1) is 0 Å². The zero-order valence-electron chi connectivity index (χ0n) is 11.1. The second-order valence-corrected chi connectivity index (χ2v) is 5.82. The van der Waals surface area contributed by atoms with Gasteiger partial charge in [-0.05, 0) is 68.2 Å². The third-order valence-corrected chi connectivity index (χ3v) is 3.83. The van der Waals surface area contributed by atoms with Crippen molar-refractivity contribution in [2.75, 3.05) is 5.32 Å². The van der Waals surface area contributed by atoms with E-state index < -0.39 is 0 Å². The second kappa shape index (κ2) is 4.30. The lowest BCUT2D eigenvalue weighted by Crippen LogP contribution is -2.23. The maximum atomic E-state index is 5.97. The minimum atomic E-state index is 0.482. The molecule has 0 radical (unpaired) electrons. The average Bonchev–Trinajstić information content (AvgIpc) is 3.08. The van der Waals surface area contributed by atoms with E-state index in [1.54, 1.807) is 0 Å². The fourth-order valence-corrected chi connectivity index (χ4v) is 2.79. The first-order chi connectivity index (χ1) is 8.61. The summed E-state index contributed by atoms with van der Waals surface area (Å²) in [7, 11) is 0. The molecule has 0 unspecified atom stereocenters. The lowest BCUT2D eigenvalue weighted by molar-refractivity contribution is 0.686. The maximum absolute atomic E-state index is 5.97. The molecule has 0 spiro atoms. The Hall–Kier alpha value is -1.51. The molecule has 0 aromatic heterocycles. The van der Waals surface area contributed by atoms with Crippen LogP contribution < -0.4 is 11.1 Å². The van der Waals surface area contributed by atoms with Crippen molar-refractivity contribution in [1.29, 1.82) is 0 Å². The maximum Gasteiger partial charge on any atom is 0.193 e. The van der Waals surface area contributed by atoms with E-state index in [1.165, 1.54) is 30.4 Å². The van der Waals surface area contributed by atoms with Gasteiger partial charge in [0.25, 0.3) is 0 Å². The largest absolute Gasteiger partial charge is 0.370 e. The number of hydrogen-bond donors (Lipinski definition) is 2. The van der Waals surface area contributed by atoms with Gasteiger partial charge in [0.05, 0.1) is 6.04 Å². The number of guanidine groups is 1. The summed E-state index contributed by atoms with van der Waals surface area (Å²) in [6.07, 6.45) is 4.04. The van der Waals surface area contributed by atoms with Crippen LogP contribution in [-0.4, -0.2) is 12.0 Å². The summed E-state index contributed by atoms with van der Waals surface area (Å²) in [4.78, 5) is 4.57. The summed E-state index contributed by atoms with van der Waals surface area (Å²) in [6.45, 7) is 4.19. The zero-order chi connectivity index (χ0) is 12.7. The Labute approximate surface area is 108 Å². The summed E-state index contributed by atoms with van der Waals surface area (Å²) in [5, 5.41) is 3.20. The standard InChI is InChI=1S/C15H21N3/c1-9-5-10(2)7-12(6-9)17-15(16)18-14-8-13(14)11-3-4-11/h5-7,11,13-14H,3-4,8H2,1-2H3,(H3,16,17,18)/t13-,14+/m0/s1. The summed E-state index contributed by atoms with van der Waals surface area (Å²) < 4.78 is 0. The Bertz CT molecular complexity index is 468. The van der Waals surface area contributed by atoms with Crippen LogP contribution in [0.2, 0.25) is 0 Å². The molecular weight excluding hydrogens is 222 g/mol. The highest BCUT2D eigenvalue weighted by molar-refractivity contribution is 5.92. The SMILES string of the molecule is Cc1cc(C)cc(NC(N)=N[C@@H]2C[C@H]2C2CC2)c1. The van der Waals surface area contributed by atoms with Crippen molar-refractivity contribution in [2.45, 2.75) is 39.2 Å². The first-order valence-corrected chi connectivity index (χ1v) is 6.80. The van der Waals surface area contributed by atoms with Gasteiger partial charge in [0.1, 0.15) is 0 Å². The molecule has 3 nitrogen and oxygen atoms in total. The lowest BCUT2D eigenvalue weighted by Gasteiger charge is -2.07. The molecule has 3 N–H and O–H groups in total. The molecular formula is C15H21N3. The summed E-state index contributed by atoms with van der Waals surface area (Å²) in [6, 6.07) is 6.83. The van der Waals surface area contributed by atoms with Gasteiger partial charge in [0.2, 0.25) is 0 Å². The van der Waals surface area contributed by atoms with Crippen LogP contribution in [-0.2, 0) is 0 Å². The van der Waals surface area contributed by atoms with E-state index in [0.29, 0.717) is 12.0 Å². The van der Waals surface area contributed by atoms with E-state index in [9.17, 15) is 0 Å². The number of hydrogen-bond acceptors (Lipinski definition) is 1. The van der Waals surface area contributed by atoms with Gasteiger partial charge in [-0.2, -0.15) is 0 Å². The fraction of sp³-hybridized carbons (Fsp3) is 0.533. The van der Waals surface area contributed by atoms with Crippen LogP contribution in [0.25, 0.3) is 0 Å². The monoisotopic (exact) mass is 243 g/mol. The summed E-state index contributed by atoms with van der Waals surface area (Å²) in [5.41, 5.74) is 9.49. The van der Waals surface area contributed by atoms with Gasteiger partial charge in [-0.1, -0.05) is 6.07 Å². The predicted molar refractivity (Wildman–Crippen MR) is 75.8 cm³/mol. The molecule has 2 aliphatic rings. The Balaban J connectivity index is 1.63. The normalized spacial score (nSPS) is 27.1. The van der Waals surface area contributed by atoms with Crippen LogP contribution in [0.3, 0.4) is 0 Å². The van der Waals surface area contributed by atoms with E-state index in [-0.39, 0.29) is 0 Å². The Morgan fingerprint density at radius 2 is 1.89 bits per heavy atom. The third-order valence-electron chi connectivity index (χ3n) is 3.83. The van der Waals surface area contributed by atoms with Crippen molar-refractivity contribution in [2.24, 2.45) is 22.6 Å². The third kappa shape index (κ3) is 2.66. The van der Waals surface area contributed by atoms with Crippen molar-refractivity contribution in [3.8, 4) is 0 Å². The van der Waals surface area contributed by atoms with E-state index >= 15 is 0 Å². The van der Waals surface area contributed by atoms with Crippen molar-refractivity contribution in [3.63, 3.8) is 0 Å². The van der Waals surface area contributed by atoms with Crippen LogP contribution >= 0.6 is 0 Å². The molecule has 3 heteroatoms. The molecule has 3 rings (SSSR count). The van der Waals surface area contributed by atoms with Crippen molar-refractivity contribution >= 4 is 11.6 Å². The molecule has 2 fully saturated rings. The van der Waals surface area contributed by atoms with Gasteiger partial charge in [-0.3, -0.25) is 0 Å². The number of nitrogens with one attached hydrogen (secondary N) is 1. The molecule has 0 amide bonds. The molecule has 2 aliphatic carbocycles.